The summed E-state index contributed by atoms with van der Waals surface area (Å²) >= 11 is 0. The maximum Gasteiger partial charge on any atom is 0.237 e. The maximum atomic E-state index is 11.7. The molecule has 1 fully saturated rings. The van der Waals surface area contributed by atoms with Crippen molar-refractivity contribution < 1.29 is 9.59 Å². The molecule has 0 aromatic rings. The summed E-state index contributed by atoms with van der Waals surface area (Å²) in [6, 6.07) is -0.248. The summed E-state index contributed by atoms with van der Waals surface area (Å²) in [4.78, 5) is 23.1. The zero-order valence-corrected chi connectivity index (χ0v) is 11.8. The molecule has 0 radical (unpaired) electrons. The van der Waals surface area contributed by atoms with Crippen LogP contribution in [-0.2, 0) is 9.59 Å². The average molecular weight is 255 g/mol. The number of nitrogens with one attached hydrogen (secondary N) is 3. The molecule has 104 valence electrons. The normalized spacial score (nSPS) is 17.1. The highest BCUT2D eigenvalue weighted by atomic mass is 16.2. The summed E-state index contributed by atoms with van der Waals surface area (Å²) in [7, 11) is 0. The first-order valence-electron chi connectivity index (χ1n) is 6.63. The van der Waals surface area contributed by atoms with E-state index in [4.69, 9.17) is 0 Å². The van der Waals surface area contributed by atoms with Crippen LogP contribution < -0.4 is 16.0 Å². The Morgan fingerprint density at radius 2 is 1.83 bits per heavy atom. The molecular weight excluding hydrogens is 230 g/mol. The highest BCUT2D eigenvalue weighted by molar-refractivity contribution is 5.82. The van der Waals surface area contributed by atoms with Crippen molar-refractivity contribution in [3.8, 4) is 0 Å². The Morgan fingerprint density at radius 3 is 2.33 bits per heavy atom. The lowest BCUT2D eigenvalue weighted by Crippen LogP contribution is -2.50. The fourth-order valence-corrected chi connectivity index (χ4v) is 1.53. The van der Waals surface area contributed by atoms with Crippen LogP contribution in [0.3, 0.4) is 0 Å². The topological polar surface area (TPSA) is 70.2 Å². The Bertz CT molecular complexity index is 306. The fraction of sp³-hybridized carbons (Fsp3) is 0.846. The molecule has 0 heterocycles. The molecule has 3 N–H and O–H groups in total. The van der Waals surface area contributed by atoms with Gasteiger partial charge in [-0.05, 0) is 40.5 Å². The van der Waals surface area contributed by atoms with Gasteiger partial charge in [0, 0.05) is 24.5 Å². The monoisotopic (exact) mass is 255 g/mol. The van der Waals surface area contributed by atoms with E-state index >= 15 is 0 Å². The minimum absolute atomic E-state index is 0.0176. The van der Waals surface area contributed by atoms with Crippen molar-refractivity contribution in [3.05, 3.63) is 0 Å². The molecule has 0 aliphatic heterocycles. The number of rotatable bonds is 6. The zero-order valence-electron chi connectivity index (χ0n) is 11.8. The molecule has 2 amide bonds. The van der Waals surface area contributed by atoms with Gasteiger partial charge in [0.25, 0.3) is 0 Å². The molecule has 5 heteroatoms. The van der Waals surface area contributed by atoms with E-state index in [0.717, 1.165) is 12.8 Å². The van der Waals surface area contributed by atoms with Gasteiger partial charge in [0.2, 0.25) is 11.8 Å². The summed E-state index contributed by atoms with van der Waals surface area (Å²) in [5.74, 6) is 0.367. The van der Waals surface area contributed by atoms with Crippen molar-refractivity contribution in [1.29, 1.82) is 0 Å². The van der Waals surface area contributed by atoms with Gasteiger partial charge in [-0.25, -0.2) is 0 Å². The maximum absolute atomic E-state index is 11.7. The van der Waals surface area contributed by atoms with E-state index in [2.05, 4.69) is 16.0 Å². The molecule has 1 aliphatic carbocycles. The SMILES string of the molecule is CC(NCCNC(=O)C1CC1)C(=O)NC(C)(C)C. The summed E-state index contributed by atoms with van der Waals surface area (Å²) in [5.41, 5.74) is -0.215. The van der Waals surface area contributed by atoms with E-state index in [-0.39, 0.29) is 29.3 Å². The van der Waals surface area contributed by atoms with Gasteiger partial charge in [0.1, 0.15) is 0 Å². The van der Waals surface area contributed by atoms with E-state index in [1.165, 1.54) is 0 Å². The minimum atomic E-state index is -0.248. The summed E-state index contributed by atoms with van der Waals surface area (Å²) < 4.78 is 0. The van der Waals surface area contributed by atoms with Crippen molar-refractivity contribution >= 4 is 11.8 Å². The smallest absolute Gasteiger partial charge is 0.237 e. The van der Waals surface area contributed by atoms with Crippen molar-refractivity contribution in [2.45, 2.75) is 52.1 Å². The van der Waals surface area contributed by atoms with Gasteiger partial charge in [-0.1, -0.05) is 0 Å². The molecule has 1 rings (SSSR count). The summed E-state index contributed by atoms with van der Waals surface area (Å²) in [6.07, 6.45) is 2.04. The van der Waals surface area contributed by atoms with Crippen LogP contribution >= 0.6 is 0 Å². The average Bonchev–Trinajstić information content (AvgIpc) is 3.04. The minimum Gasteiger partial charge on any atom is -0.355 e. The number of carbonyl (C=O) groups excluding carboxylic acids is 2. The molecule has 0 spiro atoms. The third-order valence-corrected chi connectivity index (χ3v) is 2.71. The molecule has 0 aromatic carbocycles. The van der Waals surface area contributed by atoms with Crippen LogP contribution in [0, 0.1) is 5.92 Å². The predicted molar refractivity (Wildman–Crippen MR) is 71.1 cm³/mol. The molecule has 0 aromatic heterocycles. The number of hydrogen-bond acceptors (Lipinski definition) is 3. The number of amides is 2. The quantitative estimate of drug-likeness (QED) is 0.602. The van der Waals surface area contributed by atoms with Crippen LogP contribution in [0.25, 0.3) is 0 Å². The second-order valence-electron chi connectivity index (χ2n) is 5.98. The standard InChI is InChI=1S/C13H25N3O2/c1-9(11(17)16-13(2,3)4)14-7-8-15-12(18)10-5-6-10/h9-10,14H,5-8H2,1-4H3,(H,15,18)(H,16,17). The Kier molecular flexibility index (Phi) is 5.14. The van der Waals surface area contributed by atoms with Crippen LogP contribution in [0.15, 0.2) is 0 Å². The van der Waals surface area contributed by atoms with E-state index in [0.29, 0.717) is 13.1 Å². The van der Waals surface area contributed by atoms with Gasteiger partial charge in [-0.2, -0.15) is 0 Å². The van der Waals surface area contributed by atoms with Gasteiger partial charge in [0.05, 0.1) is 6.04 Å². The molecule has 1 atom stereocenters. The van der Waals surface area contributed by atoms with Crippen molar-refractivity contribution in [3.63, 3.8) is 0 Å². The van der Waals surface area contributed by atoms with Crippen molar-refractivity contribution in [1.82, 2.24) is 16.0 Å². The van der Waals surface area contributed by atoms with Crippen molar-refractivity contribution in [2.75, 3.05) is 13.1 Å². The van der Waals surface area contributed by atoms with Crippen LogP contribution in [0.5, 0.6) is 0 Å². The molecular formula is C13H25N3O2. The lowest BCUT2D eigenvalue weighted by molar-refractivity contribution is -0.124. The van der Waals surface area contributed by atoms with E-state index in [1.54, 1.807) is 0 Å². The zero-order chi connectivity index (χ0) is 13.8. The lowest BCUT2D eigenvalue weighted by Gasteiger charge is -2.23. The highest BCUT2D eigenvalue weighted by Gasteiger charge is 2.29. The van der Waals surface area contributed by atoms with Gasteiger partial charge in [0.15, 0.2) is 0 Å². The Balaban J connectivity index is 2.10. The van der Waals surface area contributed by atoms with E-state index < -0.39 is 0 Å². The molecule has 0 saturated heterocycles. The highest BCUT2D eigenvalue weighted by Crippen LogP contribution is 2.28. The van der Waals surface area contributed by atoms with Gasteiger partial charge in [-0.3, -0.25) is 9.59 Å². The Hall–Kier alpha value is -1.10. The molecule has 1 aliphatic rings. The summed E-state index contributed by atoms with van der Waals surface area (Å²) in [6.45, 7) is 8.86. The van der Waals surface area contributed by atoms with Crippen LogP contribution in [-0.4, -0.2) is 36.5 Å². The molecule has 1 unspecified atom stereocenters. The van der Waals surface area contributed by atoms with Gasteiger partial charge < -0.3 is 16.0 Å². The molecule has 1 saturated carbocycles. The molecule has 18 heavy (non-hydrogen) atoms. The van der Waals surface area contributed by atoms with E-state index in [1.807, 2.05) is 27.7 Å². The fourth-order valence-electron chi connectivity index (χ4n) is 1.53. The first kappa shape index (κ1) is 15.0. The third-order valence-electron chi connectivity index (χ3n) is 2.71. The van der Waals surface area contributed by atoms with Gasteiger partial charge in [-0.15, -0.1) is 0 Å². The largest absolute Gasteiger partial charge is 0.355 e. The van der Waals surface area contributed by atoms with Crippen LogP contribution in [0.1, 0.15) is 40.5 Å². The van der Waals surface area contributed by atoms with Crippen LogP contribution in [0.2, 0.25) is 0 Å². The predicted octanol–water partition coefficient (Wildman–Crippen LogP) is 0.405. The molecule has 0 bridgehead atoms. The Labute approximate surface area is 109 Å². The van der Waals surface area contributed by atoms with E-state index in [9.17, 15) is 9.59 Å². The van der Waals surface area contributed by atoms with Gasteiger partial charge >= 0.3 is 0 Å². The number of carbonyl (C=O) groups is 2. The van der Waals surface area contributed by atoms with Crippen molar-refractivity contribution in [2.24, 2.45) is 5.92 Å². The first-order chi connectivity index (χ1) is 8.29. The second-order valence-corrected chi connectivity index (χ2v) is 5.98. The third kappa shape index (κ3) is 6.00. The second kappa shape index (κ2) is 6.18. The van der Waals surface area contributed by atoms with Crippen LogP contribution in [0.4, 0.5) is 0 Å². The lowest BCUT2D eigenvalue weighted by atomic mass is 10.1. The number of hydrogen-bond donors (Lipinski definition) is 3. The first-order valence-corrected chi connectivity index (χ1v) is 6.63. The molecule has 5 nitrogen and oxygen atoms in total. The summed E-state index contributed by atoms with van der Waals surface area (Å²) in [5, 5.41) is 8.85. The Morgan fingerprint density at radius 1 is 1.22 bits per heavy atom.